The predicted octanol–water partition coefficient (Wildman–Crippen LogP) is 7.72. The lowest BCUT2D eigenvalue weighted by Crippen LogP contribution is -2.55. The number of aryl methyl sites for hydroxylation is 1. The van der Waals surface area contributed by atoms with Crippen LogP contribution in [0.4, 0.5) is 10.1 Å². The van der Waals surface area contributed by atoms with Gasteiger partial charge < -0.3 is 23.8 Å². The van der Waals surface area contributed by atoms with Crippen molar-refractivity contribution < 1.29 is 23.5 Å². The molecule has 0 unspecified atom stereocenters. The average Bonchev–Trinajstić information content (AvgIpc) is 3.87. The van der Waals surface area contributed by atoms with Crippen molar-refractivity contribution in [3.05, 3.63) is 119 Å². The zero-order valence-corrected chi connectivity index (χ0v) is 32.0. The largest absolute Gasteiger partial charge is 0.462 e. The first kappa shape index (κ1) is 38.3. The van der Waals surface area contributed by atoms with Crippen molar-refractivity contribution >= 4 is 17.6 Å². The number of nitriles is 1. The van der Waals surface area contributed by atoms with Crippen LogP contribution in [-0.4, -0.2) is 65.2 Å². The molecule has 0 bridgehead atoms. The summed E-state index contributed by atoms with van der Waals surface area (Å²) in [5.74, 6) is 0.869. The van der Waals surface area contributed by atoms with E-state index in [4.69, 9.17) is 9.47 Å². The van der Waals surface area contributed by atoms with E-state index in [1.807, 2.05) is 55.6 Å². The van der Waals surface area contributed by atoms with Crippen molar-refractivity contribution in [3.8, 4) is 6.07 Å². The van der Waals surface area contributed by atoms with E-state index in [1.165, 1.54) is 6.07 Å². The molecule has 1 aliphatic carbocycles. The Labute approximate surface area is 324 Å². The van der Waals surface area contributed by atoms with E-state index in [0.29, 0.717) is 30.0 Å². The highest BCUT2D eigenvalue weighted by Gasteiger charge is 2.53. The molecule has 3 atom stereocenters. The SMILES string of the molecule is CCC(=O)O[C@H]1CCC[C@@H]1[C@](Cn1ccnc1CC)(c1cccc(F)c1)C1CCN(CC2CN(c3ccc(C#N)cc3C(=O)OCc3ccccc3)C2)CC1. The maximum Gasteiger partial charge on any atom is 0.340 e. The number of likely N-dealkylation sites (tertiary alicyclic amines) is 1. The lowest BCUT2D eigenvalue weighted by molar-refractivity contribution is -0.152. The number of piperidine rings is 1. The van der Waals surface area contributed by atoms with Crippen LogP contribution < -0.4 is 4.90 Å². The van der Waals surface area contributed by atoms with Gasteiger partial charge in [-0.3, -0.25) is 4.79 Å². The molecular formula is C45H52FN5O4. The van der Waals surface area contributed by atoms with E-state index < -0.39 is 11.4 Å². The molecule has 7 rings (SSSR count). The number of ether oxygens (including phenoxy) is 2. The van der Waals surface area contributed by atoms with Crippen molar-refractivity contribution in [2.24, 2.45) is 17.8 Å². The molecule has 2 saturated heterocycles. The van der Waals surface area contributed by atoms with Crippen molar-refractivity contribution in [3.63, 3.8) is 0 Å². The Hall–Kier alpha value is -5.01. The standard InChI is InChI=1S/C45H52FN5O4/c1-3-42-48-20-23-50(42)31-45(36-12-8-13-37(46)25-36,39-14-9-15-41(39)55-43(52)4-2)35-18-21-49(22-19-35)27-34-28-51(29-34)40-17-16-33(26-47)24-38(40)44(53)54-30-32-10-6-5-7-11-32/h5-8,10-13,16-17,20,23-25,34-35,39,41H,3-4,9,14-15,18-19,21-22,27-31H2,1-2H3/t39-,41-,45-/m0/s1. The van der Waals surface area contributed by atoms with Crippen LogP contribution in [0.15, 0.2) is 85.2 Å². The van der Waals surface area contributed by atoms with Crippen LogP contribution in [0.3, 0.4) is 0 Å². The molecule has 288 valence electrons. The molecule has 2 aliphatic heterocycles. The number of nitrogens with zero attached hydrogens (tertiary/aromatic N) is 5. The van der Waals surface area contributed by atoms with Gasteiger partial charge in [-0.25, -0.2) is 14.2 Å². The Kier molecular flexibility index (Phi) is 12.0. The highest BCUT2D eigenvalue weighted by atomic mass is 19.1. The number of hydrogen-bond donors (Lipinski definition) is 0. The van der Waals surface area contributed by atoms with Gasteiger partial charge in [0.25, 0.3) is 0 Å². The van der Waals surface area contributed by atoms with Gasteiger partial charge in [-0.05, 0) is 92.6 Å². The van der Waals surface area contributed by atoms with Crippen LogP contribution in [0.1, 0.15) is 85.2 Å². The summed E-state index contributed by atoms with van der Waals surface area (Å²) in [6.07, 6.45) is 9.42. The summed E-state index contributed by atoms with van der Waals surface area (Å²) in [4.78, 5) is 35.5. The highest BCUT2D eigenvalue weighted by molar-refractivity contribution is 5.96. The number of benzene rings is 3. The first-order valence-electron chi connectivity index (χ1n) is 20.0. The van der Waals surface area contributed by atoms with Gasteiger partial charge in [-0.15, -0.1) is 0 Å². The maximum atomic E-state index is 15.2. The molecule has 1 aromatic heterocycles. The number of esters is 2. The smallest absolute Gasteiger partial charge is 0.340 e. The van der Waals surface area contributed by atoms with Gasteiger partial charge in [0.1, 0.15) is 24.4 Å². The third kappa shape index (κ3) is 8.33. The Morgan fingerprint density at radius 3 is 2.51 bits per heavy atom. The van der Waals surface area contributed by atoms with Crippen LogP contribution in [0.2, 0.25) is 0 Å². The molecule has 1 saturated carbocycles. The zero-order chi connectivity index (χ0) is 38.4. The number of carbonyl (C=O) groups is 2. The Morgan fingerprint density at radius 2 is 1.78 bits per heavy atom. The van der Waals surface area contributed by atoms with Gasteiger partial charge in [0.05, 0.1) is 22.9 Å². The third-order valence-corrected chi connectivity index (χ3v) is 12.3. The number of imidazole rings is 1. The predicted molar refractivity (Wildman–Crippen MR) is 209 cm³/mol. The van der Waals surface area contributed by atoms with Crippen molar-refractivity contribution in [1.82, 2.24) is 14.5 Å². The molecule has 3 aliphatic rings. The highest BCUT2D eigenvalue weighted by Crippen LogP contribution is 2.52. The molecule has 9 nitrogen and oxygen atoms in total. The van der Waals surface area contributed by atoms with Crippen LogP contribution in [0, 0.1) is 34.9 Å². The van der Waals surface area contributed by atoms with E-state index in [1.54, 1.807) is 18.2 Å². The second kappa shape index (κ2) is 17.2. The van der Waals surface area contributed by atoms with Crippen LogP contribution >= 0.6 is 0 Å². The summed E-state index contributed by atoms with van der Waals surface area (Å²) >= 11 is 0. The molecule has 0 spiro atoms. The molecule has 0 radical (unpaired) electrons. The summed E-state index contributed by atoms with van der Waals surface area (Å²) < 4.78 is 29.3. The Balaban J connectivity index is 1.06. The molecule has 4 aromatic rings. The van der Waals surface area contributed by atoms with Crippen LogP contribution in [0.5, 0.6) is 0 Å². The molecule has 0 amide bonds. The quantitative estimate of drug-likeness (QED) is 0.121. The second-order valence-electron chi connectivity index (χ2n) is 15.5. The molecule has 55 heavy (non-hydrogen) atoms. The van der Waals surface area contributed by atoms with Crippen LogP contribution in [-0.2, 0) is 39.3 Å². The fraction of sp³-hybridized carbons (Fsp3) is 0.467. The number of aromatic nitrogens is 2. The first-order valence-corrected chi connectivity index (χ1v) is 20.0. The summed E-state index contributed by atoms with van der Waals surface area (Å²) in [6, 6.07) is 24.2. The second-order valence-corrected chi connectivity index (χ2v) is 15.5. The van der Waals surface area contributed by atoms with Crippen molar-refractivity contribution in [2.75, 3.05) is 37.6 Å². The summed E-state index contributed by atoms with van der Waals surface area (Å²) in [6.45, 7) is 9.19. The van der Waals surface area contributed by atoms with Crippen LogP contribution in [0.25, 0.3) is 0 Å². The number of hydrogen-bond acceptors (Lipinski definition) is 8. The van der Waals surface area contributed by atoms with Gasteiger partial charge in [0, 0.05) is 68.7 Å². The fourth-order valence-electron chi connectivity index (χ4n) is 9.58. The van der Waals surface area contributed by atoms with Gasteiger partial charge in [-0.2, -0.15) is 5.26 Å². The summed E-state index contributed by atoms with van der Waals surface area (Å²) in [5.41, 5.74) is 3.08. The summed E-state index contributed by atoms with van der Waals surface area (Å²) in [7, 11) is 0. The third-order valence-electron chi connectivity index (χ3n) is 12.3. The van der Waals surface area contributed by atoms with E-state index >= 15 is 4.39 Å². The van der Waals surface area contributed by atoms with Gasteiger partial charge in [-0.1, -0.05) is 56.3 Å². The van der Waals surface area contributed by atoms with E-state index in [0.717, 1.165) is 93.9 Å². The lowest BCUT2D eigenvalue weighted by Gasteiger charge is -2.51. The topological polar surface area (TPSA) is 101 Å². The normalized spacial score (nSPS) is 20.4. The molecular weight excluding hydrogens is 694 g/mol. The number of halogens is 1. The Morgan fingerprint density at radius 1 is 0.982 bits per heavy atom. The van der Waals surface area contributed by atoms with Gasteiger partial charge in [0.2, 0.25) is 0 Å². The van der Waals surface area contributed by atoms with E-state index in [9.17, 15) is 14.9 Å². The molecule has 3 aromatic carbocycles. The zero-order valence-electron chi connectivity index (χ0n) is 32.0. The molecule has 10 heteroatoms. The number of carbonyl (C=O) groups excluding carboxylic acids is 2. The molecule has 3 fully saturated rings. The van der Waals surface area contributed by atoms with E-state index in [-0.39, 0.29) is 36.3 Å². The van der Waals surface area contributed by atoms with Crippen molar-refractivity contribution in [1.29, 1.82) is 5.26 Å². The minimum Gasteiger partial charge on any atom is -0.462 e. The fourth-order valence-corrected chi connectivity index (χ4v) is 9.58. The lowest BCUT2D eigenvalue weighted by atomic mass is 9.58. The molecule has 0 N–H and O–H groups in total. The summed E-state index contributed by atoms with van der Waals surface area (Å²) in [5, 5.41) is 9.57. The Bertz CT molecular complexity index is 1980. The maximum absolute atomic E-state index is 15.2. The minimum absolute atomic E-state index is 0.0506. The number of anilines is 1. The average molecular weight is 746 g/mol. The number of rotatable bonds is 14. The molecule has 3 heterocycles. The minimum atomic E-state index is -0.456. The van der Waals surface area contributed by atoms with E-state index in [2.05, 4.69) is 44.6 Å². The van der Waals surface area contributed by atoms with Crippen molar-refractivity contribution in [2.45, 2.75) is 83.5 Å². The van der Waals surface area contributed by atoms with Gasteiger partial charge in [0.15, 0.2) is 0 Å². The van der Waals surface area contributed by atoms with Gasteiger partial charge >= 0.3 is 11.9 Å². The monoisotopic (exact) mass is 745 g/mol. The first-order chi connectivity index (χ1) is 26.8.